The van der Waals surface area contributed by atoms with Crippen LogP contribution < -0.4 is 0 Å². The van der Waals surface area contributed by atoms with Gasteiger partial charge in [-0.3, -0.25) is 0 Å². The Balaban J connectivity index is 1.06. The Morgan fingerprint density at radius 3 is 1.87 bits per heavy atom. The smallest absolute Gasteiger partial charge is 0.0713 e. The van der Waals surface area contributed by atoms with Crippen molar-refractivity contribution in [3.05, 3.63) is 208 Å². The summed E-state index contributed by atoms with van der Waals surface area (Å²) in [6, 6.07) is 52.4. The third kappa shape index (κ3) is 4.84. The predicted octanol–water partition coefficient (Wildman–Crippen LogP) is 13.0. The van der Waals surface area contributed by atoms with Gasteiger partial charge in [-0.1, -0.05) is 140 Å². The van der Waals surface area contributed by atoms with Gasteiger partial charge in [0.1, 0.15) is 0 Å². The highest BCUT2D eigenvalue weighted by atomic mass is 15.0. The second kappa shape index (κ2) is 12.3. The van der Waals surface area contributed by atoms with Crippen LogP contribution in [0.3, 0.4) is 0 Å². The first kappa shape index (κ1) is 31.8. The van der Waals surface area contributed by atoms with Crippen molar-refractivity contribution in [3.8, 4) is 39.1 Å². The first-order valence-electron chi connectivity index (χ1n) is 19.2. The van der Waals surface area contributed by atoms with Crippen LogP contribution in [0.25, 0.3) is 51.2 Å². The van der Waals surface area contributed by atoms with E-state index in [1.807, 2.05) is 0 Å². The molecule has 53 heavy (non-hydrogen) atoms. The van der Waals surface area contributed by atoms with Crippen LogP contribution in [0.1, 0.15) is 69.2 Å². The second-order valence-electron chi connectivity index (χ2n) is 15.4. The van der Waals surface area contributed by atoms with E-state index < -0.39 is 5.41 Å². The van der Waals surface area contributed by atoms with Gasteiger partial charge in [-0.15, -0.1) is 0 Å². The summed E-state index contributed by atoms with van der Waals surface area (Å²) in [5.41, 5.74) is 22.2. The largest absolute Gasteiger partial charge is 0.310 e. The maximum Gasteiger partial charge on any atom is 0.0713 e. The quantitative estimate of drug-likeness (QED) is 0.170. The molecule has 1 unspecified atom stereocenters. The van der Waals surface area contributed by atoms with E-state index >= 15 is 0 Å². The van der Waals surface area contributed by atoms with Gasteiger partial charge in [0.2, 0.25) is 0 Å². The van der Waals surface area contributed by atoms with Crippen LogP contribution in [0, 0.1) is 19.8 Å². The van der Waals surface area contributed by atoms with E-state index in [4.69, 9.17) is 0 Å². The molecule has 1 aromatic heterocycles. The van der Waals surface area contributed by atoms with Crippen molar-refractivity contribution >= 4 is 12.2 Å². The fourth-order valence-electron chi connectivity index (χ4n) is 9.77. The molecule has 0 saturated carbocycles. The molecule has 0 aliphatic heterocycles. The molecule has 0 saturated heterocycles. The predicted molar refractivity (Wildman–Crippen MR) is 223 cm³/mol. The first-order chi connectivity index (χ1) is 26.0. The zero-order valence-corrected chi connectivity index (χ0v) is 30.7. The average Bonchev–Trinajstić information content (AvgIpc) is 3.69. The van der Waals surface area contributed by atoms with Crippen LogP contribution in [0.4, 0.5) is 0 Å². The molecule has 0 N–H and O–H groups in total. The lowest BCUT2D eigenvalue weighted by atomic mass is 9.67. The van der Waals surface area contributed by atoms with Gasteiger partial charge in [0.05, 0.1) is 5.41 Å². The van der Waals surface area contributed by atoms with Gasteiger partial charge >= 0.3 is 0 Å². The number of nitrogens with zero attached hydrogens (tertiary/aromatic N) is 1. The van der Waals surface area contributed by atoms with Crippen LogP contribution in [-0.2, 0) is 18.3 Å². The van der Waals surface area contributed by atoms with Crippen molar-refractivity contribution in [3.63, 3.8) is 0 Å². The van der Waals surface area contributed by atoms with Crippen LogP contribution in [-0.4, -0.2) is 4.57 Å². The Bertz CT molecular complexity index is 2570. The topological polar surface area (TPSA) is 4.93 Å². The van der Waals surface area contributed by atoms with Gasteiger partial charge in [-0.2, -0.15) is 0 Å². The normalized spacial score (nSPS) is 16.2. The van der Waals surface area contributed by atoms with Crippen molar-refractivity contribution in [2.75, 3.05) is 0 Å². The lowest BCUT2D eigenvalue weighted by Gasteiger charge is -2.34. The molecule has 0 fully saturated rings. The maximum atomic E-state index is 2.51. The summed E-state index contributed by atoms with van der Waals surface area (Å²) in [4.78, 5) is 0. The molecule has 3 aliphatic carbocycles. The van der Waals surface area contributed by atoms with Crippen LogP contribution in [0.15, 0.2) is 152 Å². The lowest BCUT2D eigenvalue weighted by molar-refractivity contribution is 0.708. The van der Waals surface area contributed by atoms with Crippen molar-refractivity contribution < 1.29 is 0 Å². The number of aryl methyl sites for hydroxylation is 2. The molecule has 6 aromatic carbocycles. The Labute approximate surface area is 313 Å². The third-order valence-electron chi connectivity index (χ3n) is 12.2. The molecular weight excluding hydrogens is 639 g/mol. The highest BCUT2D eigenvalue weighted by molar-refractivity contribution is 5.89. The summed E-state index contributed by atoms with van der Waals surface area (Å²) < 4.78 is 2.51. The number of rotatable bonds is 5. The Morgan fingerprint density at radius 2 is 1.15 bits per heavy atom. The van der Waals surface area contributed by atoms with Gasteiger partial charge in [0.15, 0.2) is 0 Å². The minimum Gasteiger partial charge on any atom is -0.310 e. The SMILES string of the molecule is Cc1cc(-c2ccc3c(c2)C(c2ccccc2)(c2ccccc2)c2ccccc2-3)ccc1-c1ccc(-n2c3c(c4c2C=CC(C)C4)CCC=C3)cc1C. The second-order valence-corrected chi connectivity index (χ2v) is 15.4. The number of allylic oxidation sites excluding steroid dienone is 2. The highest BCUT2D eigenvalue weighted by Crippen LogP contribution is 2.56. The Hall–Kier alpha value is -5.92. The molecule has 0 amide bonds. The molecule has 0 radical (unpaired) electrons. The summed E-state index contributed by atoms with van der Waals surface area (Å²) >= 11 is 0. The van der Waals surface area contributed by atoms with Crippen molar-refractivity contribution in [2.45, 2.75) is 45.4 Å². The number of hydrogen-bond donors (Lipinski definition) is 0. The summed E-state index contributed by atoms with van der Waals surface area (Å²) in [5.74, 6) is 0.590. The van der Waals surface area contributed by atoms with E-state index in [2.05, 4.69) is 189 Å². The summed E-state index contributed by atoms with van der Waals surface area (Å²) in [7, 11) is 0. The van der Waals surface area contributed by atoms with Crippen molar-refractivity contribution in [1.29, 1.82) is 0 Å². The Morgan fingerprint density at radius 1 is 0.547 bits per heavy atom. The molecule has 1 atom stereocenters. The van der Waals surface area contributed by atoms with Gasteiger partial charge in [0, 0.05) is 17.1 Å². The van der Waals surface area contributed by atoms with Crippen LogP contribution >= 0.6 is 0 Å². The molecule has 3 aliphatic rings. The molecule has 1 heterocycles. The highest BCUT2D eigenvalue weighted by Gasteiger charge is 2.46. The first-order valence-corrected chi connectivity index (χ1v) is 19.2. The summed E-state index contributed by atoms with van der Waals surface area (Å²) in [6.07, 6.45) is 12.8. The number of fused-ring (bicyclic) bond motifs is 6. The molecular formula is C52H43N. The lowest BCUT2D eigenvalue weighted by Crippen LogP contribution is -2.28. The van der Waals surface area contributed by atoms with Gasteiger partial charge < -0.3 is 4.57 Å². The molecule has 0 spiro atoms. The van der Waals surface area contributed by atoms with Crippen molar-refractivity contribution in [1.82, 2.24) is 4.57 Å². The zero-order valence-electron chi connectivity index (χ0n) is 30.7. The summed E-state index contributed by atoms with van der Waals surface area (Å²) in [5, 5.41) is 0. The minimum absolute atomic E-state index is 0.402. The van der Waals surface area contributed by atoms with Gasteiger partial charge in [-0.05, 0) is 147 Å². The van der Waals surface area contributed by atoms with E-state index in [0.717, 1.165) is 19.3 Å². The fourth-order valence-corrected chi connectivity index (χ4v) is 9.77. The average molecular weight is 682 g/mol. The van der Waals surface area contributed by atoms with Gasteiger partial charge in [-0.25, -0.2) is 0 Å². The molecule has 256 valence electrons. The summed E-state index contributed by atoms with van der Waals surface area (Å²) in [6.45, 7) is 6.87. The van der Waals surface area contributed by atoms with E-state index in [0.29, 0.717) is 5.92 Å². The van der Waals surface area contributed by atoms with Gasteiger partial charge in [0.25, 0.3) is 0 Å². The van der Waals surface area contributed by atoms with Crippen LogP contribution in [0.2, 0.25) is 0 Å². The maximum absolute atomic E-state index is 2.51. The minimum atomic E-state index is -0.402. The van der Waals surface area contributed by atoms with Crippen molar-refractivity contribution in [2.24, 2.45) is 5.92 Å². The monoisotopic (exact) mass is 681 g/mol. The van der Waals surface area contributed by atoms with E-state index in [-0.39, 0.29) is 0 Å². The molecule has 1 heteroatoms. The van der Waals surface area contributed by atoms with E-state index in [1.54, 1.807) is 11.1 Å². The molecule has 10 rings (SSSR count). The molecule has 1 nitrogen and oxygen atoms in total. The van der Waals surface area contributed by atoms with E-state index in [9.17, 15) is 0 Å². The third-order valence-corrected chi connectivity index (χ3v) is 12.2. The fraction of sp³-hybridized carbons (Fsp3) is 0.154. The van der Waals surface area contributed by atoms with Crippen LogP contribution in [0.5, 0.6) is 0 Å². The number of hydrogen-bond acceptors (Lipinski definition) is 0. The molecule has 7 aromatic rings. The molecule has 0 bridgehead atoms. The Kier molecular flexibility index (Phi) is 7.41. The van der Waals surface area contributed by atoms with E-state index in [1.165, 1.54) is 83.8 Å². The zero-order chi connectivity index (χ0) is 35.7. The number of aromatic nitrogens is 1. The number of benzene rings is 6. The standard InChI is InChI=1S/C52H43N/c1-34-22-29-51-47(30-34)46-19-11-13-21-50(46)53(51)41-25-28-43(36(3)32-41)42-26-23-37(31-35(42)2)38-24-27-45-44-18-10-12-20-48(44)52(49(45)33-38,39-14-6-4-7-15-39)40-16-8-5-9-17-40/h4-10,12-18,20-29,31-34H,11,19,30H2,1-3H3.